The lowest BCUT2D eigenvalue weighted by molar-refractivity contribution is -0.139. The maximum Gasteiger partial charge on any atom is 0.333 e. The Balaban J connectivity index is 1.61. The third-order valence-electron chi connectivity index (χ3n) is 10.3. The number of aliphatic hydroxyl groups is 2. The number of hydrogen-bond acceptors (Lipinski definition) is 7. The van der Waals surface area contributed by atoms with Crippen LogP contribution in [-0.2, 0) is 31.9 Å². The number of ether oxygens (including phenoxy) is 3. The zero-order chi connectivity index (χ0) is 37.7. The van der Waals surface area contributed by atoms with Gasteiger partial charge in [0.15, 0.2) is 0 Å². The Labute approximate surface area is 310 Å². The molecule has 4 rings (SSSR count). The average Bonchev–Trinajstić information content (AvgIpc) is 3.15. The Morgan fingerprint density at radius 1 is 0.712 bits per heavy atom. The molecule has 0 spiro atoms. The number of rotatable bonds is 19. The van der Waals surface area contributed by atoms with Crippen molar-refractivity contribution in [3.8, 4) is 28.0 Å². The smallest absolute Gasteiger partial charge is 0.333 e. The molecule has 0 atom stereocenters. The van der Waals surface area contributed by atoms with E-state index in [4.69, 9.17) is 14.2 Å². The van der Waals surface area contributed by atoms with Crippen LogP contribution in [0.4, 0.5) is 0 Å². The Bertz CT molecular complexity index is 1590. The van der Waals surface area contributed by atoms with Crippen molar-refractivity contribution in [2.24, 2.45) is 11.3 Å². The number of carbonyl (C=O) groups excluding carboxylic acids is 2. The van der Waals surface area contributed by atoms with Gasteiger partial charge in [-0.05, 0) is 122 Å². The first kappa shape index (κ1) is 40.6. The monoisotopic (exact) mass is 710 g/mol. The second kappa shape index (κ2) is 19.6. The summed E-state index contributed by atoms with van der Waals surface area (Å²) in [5.74, 6) is 1.39. The van der Waals surface area contributed by atoms with Gasteiger partial charge in [0.1, 0.15) is 5.75 Å². The van der Waals surface area contributed by atoms with Gasteiger partial charge in [-0.1, -0.05) is 88.4 Å². The normalized spacial score (nSPS) is 15.9. The summed E-state index contributed by atoms with van der Waals surface area (Å²) in [5, 5.41) is 19.7. The number of aryl methyl sites for hydroxylation is 2. The lowest BCUT2D eigenvalue weighted by atomic mass is 9.79. The molecule has 0 amide bonds. The summed E-state index contributed by atoms with van der Waals surface area (Å²) in [4.78, 5) is 24.1. The number of carbonyl (C=O) groups is 2. The molecule has 1 fully saturated rings. The lowest BCUT2D eigenvalue weighted by Gasteiger charge is -2.26. The van der Waals surface area contributed by atoms with E-state index in [0.29, 0.717) is 55.8 Å². The first-order valence-corrected chi connectivity index (χ1v) is 18.8. The Morgan fingerprint density at radius 2 is 1.15 bits per heavy atom. The van der Waals surface area contributed by atoms with Crippen LogP contribution in [0.2, 0.25) is 0 Å². The minimum Gasteiger partial charge on any atom is -0.493 e. The highest BCUT2D eigenvalue weighted by molar-refractivity contribution is 5.87. The Kier molecular flexibility index (Phi) is 15.3. The summed E-state index contributed by atoms with van der Waals surface area (Å²) in [6, 6.07) is 22.0. The average molecular weight is 711 g/mol. The summed E-state index contributed by atoms with van der Waals surface area (Å²) in [7, 11) is 0. The number of hydrogen-bond donors (Lipinski definition) is 2. The maximum absolute atomic E-state index is 12.0. The number of aliphatic hydroxyl groups excluding tert-OH is 2. The van der Waals surface area contributed by atoms with Crippen LogP contribution in [0.3, 0.4) is 0 Å². The van der Waals surface area contributed by atoms with E-state index in [1.54, 1.807) is 13.8 Å². The predicted molar refractivity (Wildman–Crippen MR) is 208 cm³/mol. The van der Waals surface area contributed by atoms with Crippen LogP contribution in [0, 0.1) is 11.3 Å². The van der Waals surface area contributed by atoms with Crippen LogP contribution >= 0.6 is 0 Å². The fraction of sp³-hybridized carbons (Fsp3) is 0.467. The summed E-state index contributed by atoms with van der Waals surface area (Å²) in [5.41, 5.74) is 7.83. The van der Waals surface area contributed by atoms with E-state index in [1.807, 2.05) is 6.92 Å². The van der Waals surface area contributed by atoms with Gasteiger partial charge in [-0.15, -0.1) is 0 Å². The van der Waals surface area contributed by atoms with Crippen molar-refractivity contribution in [3.63, 3.8) is 0 Å². The summed E-state index contributed by atoms with van der Waals surface area (Å²) in [6.45, 7) is 15.2. The van der Waals surface area contributed by atoms with E-state index in [2.05, 4.69) is 80.7 Å². The molecular weight excluding hydrogens is 652 g/mol. The molecule has 0 radical (unpaired) electrons. The topological polar surface area (TPSA) is 102 Å². The van der Waals surface area contributed by atoms with E-state index in [9.17, 15) is 19.8 Å². The standard InChI is InChI=1S/C45H58O7/c1-31(2)43(48)51-24-7-9-39-27-41(28-40(10-8-25-52-44(49)32(3)4)42(39)50-26-23-45(6,29-46)30-47)38-21-19-37(20-22-38)36-17-15-35(16-18-36)34-13-11-33(5)12-14-34/h15-22,27-28,33-34,46-47H,1,3,7-14,23-26,29-30H2,2,4-6H3. The van der Waals surface area contributed by atoms with Crippen molar-refractivity contribution in [2.75, 3.05) is 33.0 Å². The van der Waals surface area contributed by atoms with Gasteiger partial charge in [-0.3, -0.25) is 0 Å². The van der Waals surface area contributed by atoms with Crippen molar-refractivity contribution in [1.29, 1.82) is 0 Å². The molecule has 0 unspecified atom stereocenters. The highest BCUT2D eigenvalue weighted by atomic mass is 16.5. The zero-order valence-electron chi connectivity index (χ0n) is 31.7. The van der Waals surface area contributed by atoms with Crippen molar-refractivity contribution in [2.45, 2.75) is 91.4 Å². The minimum atomic E-state index is -0.676. The SMILES string of the molecule is C=C(C)C(=O)OCCCc1cc(-c2ccc(-c3ccc(C4CCC(C)CC4)cc3)cc2)cc(CCCOC(=O)C(=C)C)c1OCCC(C)(CO)CO. The molecule has 3 aromatic carbocycles. The van der Waals surface area contributed by atoms with Gasteiger partial charge in [-0.25, -0.2) is 9.59 Å². The molecule has 0 bridgehead atoms. The van der Waals surface area contributed by atoms with Crippen LogP contribution in [0.25, 0.3) is 22.3 Å². The lowest BCUT2D eigenvalue weighted by Crippen LogP contribution is -2.28. The van der Waals surface area contributed by atoms with Gasteiger partial charge < -0.3 is 24.4 Å². The second-order valence-corrected chi connectivity index (χ2v) is 15.0. The summed E-state index contributed by atoms with van der Waals surface area (Å²) < 4.78 is 17.3. The van der Waals surface area contributed by atoms with Gasteiger partial charge in [0.25, 0.3) is 0 Å². The van der Waals surface area contributed by atoms with Gasteiger partial charge in [0.05, 0.1) is 33.0 Å². The first-order chi connectivity index (χ1) is 24.9. The molecule has 7 heteroatoms. The molecule has 1 saturated carbocycles. The van der Waals surface area contributed by atoms with Gasteiger partial charge in [0, 0.05) is 16.6 Å². The van der Waals surface area contributed by atoms with Gasteiger partial charge >= 0.3 is 11.9 Å². The van der Waals surface area contributed by atoms with Crippen LogP contribution in [0.5, 0.6) is 5.75 Å². The molecule has 3 aromatic rings. The highest BCUT2D eigenvalue weighted by Crippen LogP contribution is 2.37. The molecule has 0 saturated heterocycles. The number of esters is 2. The predicted octanol–water partition coefficient (Wildman–Crippen LogP) is 9.18. The van der Waals surface area contributed by atoms with E-state index in [-0.39, 0.29) is 26.4 Å². The Hall–Kier alpha value is -4.20. The van der Waals surface area contributed by atoms with Gasteiger partial charge in [-0.2, -0.15) is 0 Å². The zero-order valence-corrected chi connectivity index (χ0v) is 31.7. The maximum atomic E-state index is 12.0. The van der Waals surface area contributed by atoms with Crippen LogP contribution in [0.1, 0.15) is 95.2 Å². The van der Waals surface area contributed by atoms with Crippen molar-refractivity contribution >= 4 is 11.9 Å². The van der Waals surface area contributed by atoms with E-state index in [1.165, 1.54) is 36.8 Å². The largest absolute Gasteiger partial charge is 0.493 e. The van der Waals surface area contributed by atoms with E-state index >= 15 is 0 Å². The van der Waals surface area contributed by atoms with Gasteiger partial charge in [0.2, 0.25) is 0 Å². The molecule has 1 aliphatic rings. The van der Waals surface area contributed by atoms with Crippen molar-refractivity contribution in [3.05, 3.63) is 102 Å². The van der Waals surface area contributed by atoms with E-state index < -0.39 is 17.4 Å². The molecule has 1 aliphatic carbocycles. The molecular formula is C45H58O7. The number of benzene rings is 3. The van der Waals surface area contributed by atoms with Crippen molar-refractivity contribution in [1.82, 2.24) is 0 Å². The fourth-order valence-corrected chi connectivity index (χ4v) is 6.58. The Morgan fingerprint density at radius 3 is 1.60 bits per heavy atom. The molecule has 280 valence electrons. The van der Waals surface area contributed by atoms with Crippen LogP contribution in [0.15, 0.2) is 85.0 Å². The molecule has 52 heavy (non-hydrogen) atoms. The second-order valence-electron chi connectivity index (χ2n) is 15.0. The summed E-state index contributed by atoms with van der Waals surface area (Å²) >= 11 is 0. The molecule has 0 heterocycles. The summed E-state index contributed by atoms with van der Waals surface area (Å²) in [6.07, 6.45) is 7.94. The van der Waals surface area contributed by atoms with E-state index in [0.717, 1.165) is 39.5 Å². The molecule has 2 N–H and O–H groups in total. The quantitative estimate of drug-likeness (QED) is 0.0727. The highest BCUT2D eigenvalue weighted by Gasteiger charge is 2.24. The van der Waals surface area contributed by atoms with Crippen LogP contribution < -0.4 is 4.74 Å². The third-order valence-corrected chi connectivity index (χ3v) is 10.3. The van der Waals surface area contributed by atoms with Crippen molar-refractivity contribution < 1.29 is 34.0 Å². The molecule has 0 aromatic heterocycles. The molecule has 7 nitrogen and oxygen atoms in total. The fourth-order valence-electron chi connectivity index (χ4n) is 6.58. The third kappa shape index (κ3) is 11.7. The molecule has 0 aliphatic heterocycles. The minimum absolute atomic E-state index is 0.159. The van der Waals surface area contributed by atoms with Crippen LogP contribution in [-0.4, -0.2) is 55.2 Å². The first-order valence-electron chi connectivity index (χ1n) is 18.8.